The number of aromatic nitrogens is 3. The van der Waals surface area contributed by atoms with E-state index in [1.54, 1.807) is 6.07 Å². The van der Waals surface area contributed by atoms with Crippen LogP contribution < -0.4 is 5.73 Å². The average Bonchev–Trinajstić information content (AvgIpc) is 3.19. The van der Waals surface area contributed by atoms with E-state index in [2.05, 4.69) is 10.1 Å². The summed E-state index contributed by atoms with van der Waals surface area (Å²) in [7, 11) is 0. The Morgan fingerprint density at radius 1 is 1.46 bits per heavy atom. The first-order valence-corrected chi connectivity index (χ1v) is 9.16. The van der Waals surface area contributed by atoms with Crippen molar-refractivity contribution < 1.29 is 24.5 Å². The number of rotatable bonds is 5. The largest absolute Gasteiger partial charge is 0.463 e. The van der Waals surface area contributed by atoms with Crippen molar-refractivity contribution in [3.05, 3.63) is 24.2 Å². The Labute approximate surface area is 160 Å². The molecule has 2 aromatic rings. The van der Waals surface area contributed by atoms with Crippen LogP contribution in [0, 0.1) is 17.2 Å². The maximum atomic E-state index is 11.9. The van der Waals surface area contributed by atoms with Gasteiger partial charge in [-0.25, -0.2) is 9.50 Å². The Morgan fingerprint density at radius 2 is 2.25 bits per heavy atom. The zero-order valence-corrected chi connectivity index (χ0v) is 15.1. The third-order valence-electron chi connectivity index (χ3n) is 5.58. The van der Waals surface area contributed by atoms with Crippen molar-refractivity contribution in [3.8, 4) is 6.07 Å². The van der Waals surface area contributed by atoms with Crippen LogP contribution >= 0.6 is 0 Å². The van der Waals surface area contributed by atoms with Crippen molar-refractivity contribution in [2.45, 2.75) is 49.6 Å². The average molecular weight is 387 g/mol. The second-order valence-electron chi connectivity index (χ2n) is 7.28. The predicted octanol–water partition coefficient (Wildman–Crippen LogP) is -0.116. The molecule has 0 radical (unpaired) electrons. The fourth-order valence-corrected chi connectivity index (χ4v) is 3.72. The van der Waals surface area contributed by atoms with Gasteiger partial charge in [0.05, 0.1) is 5.69 Å². The predicted molar refractivity (Wildman–Crippen MR) is 94.5 cm³/mol. The second-order valence-corrected chi connectivity index (χ2v) is 7.28. The first-order chi connectivity index (χ1) is 13.5. The molecule has 0 unspecified atom stereocenters. The minimum atomic E-state index is -1.89. The Hall–Kier alpha value is -2.74. The molecule has 0 bridgehead atoms. The topological polar surface area (TPSA) is 156 Å². The molecule has 1 saturated carbocycles. The Kier molecular flexibility index (Phi) is 4.66. The van der Waals surface area contributed by atoms with E-state index in [0.29, 0.717) is 17.9 Å². The van der Waals surface area contributed by atoms with Gasteiger partial charge in [-0.05, 0) is 30.9 Å². The number of carbonyl (C=O) groups excluding carboxylic acids is 1. The fraction of sp³-hybridized carbons (Fsp3) is 0.556. The molecule has 148 valence electrons. The van der Waals surface area contributed by atoms with E-state index in [1.807, 2.05) is 6.07 Å². The Balaban J connectivity index is 1.55. The molecule has 10 nitrogen and oxygen atoms in total. The van der Waals surface area contributed by atoms with Crippen LogP contribution in [0.2, 0.25) is 0 Å². The lowest BCUT2D eigenvalue weighted by atomic mass is 9.83. The van der Waals surface area contributed by atoms with Crippen LogP contribution in [0.5, 0.6) is 0 Å². The molecule has 1 aliphatic heterocycles. The minimum Gasteiger partial charge on any atom is -0.463 e. The smallest absolute Gasteiger partial charge is 0.306 e. The van der Waals surface area contributed by atoms with Crippen molar-refractivity contribution in [3.63, 3.8) is 0 Å². The minimum absolute atomic E-state index is 0.198. The van der Waals surface area contributed by atoms with E-state index in [4.69, 9.17) is 15.2 Å². The lowest BCUT2D eigenvalue weighted by Gasteiger charge is -2.25. The maximum absolute atomic E-state index is 11.9. The van der Waals surface area contributed by atoms with Crippen molar-refractivity contribution in [1.82, 2.24) is 14.6 Å². The van der Waals surface area contributed by atoms with Crippen LogP contribution in [-0.2, 0) is 19.9 Å². The van der Waals surface area contributed by atoms with E-state index in [-0.39, 0.29) is 24.1 Å². The van der Waals surface area contributed by atoms with Gasteiger partial charge in [-0.2, -0.15) is 10.4 Å². The van der Waals surface area contributed by atoms with Crippen LogP contribution in [0.3, 0.4) is 0 Å². The molecule has 2 fully saturated rings. The molecule has 4 atom stereocenters. The van der Waals surface area contributed by atoms with Crippen LogP contribution in [0.4, 0.5) is 5.82 Å². The fourth-order valence-electron chi connectivity index (χ4n) is 3.72. The molecule has 3 heterocycles. The molecule has 2 aliphatic rings. The summed E-state index contributed by atoms with van der Waals surface area (Å²) in [4.78, 5) is 15.8. The zero-order chi connectivity index (χ0) is 19.9. The van der Waals surface area contributed by atoms with Crippen LogP contribution in [0.25, 0.3) is 5.52 Å². The number of hydrogen-bond donors (Lipinski definition) is 3. The summed E-state index contributed by atoms with van der Waals surface area (Å²) in [5.74, 6) is 0.171. The summed E-state index contributed by atoms with van der Waals surface area (Å²) in [5, 5.41) is 34.9. The van der Waals surface area contributed by atoms with Gasteiger partial charge in [-0.15, -0.1) is 0 Å². The molecule has 0 spiro atoms. The first-order valence-electron chi connectivity index (χ1n) is 9.16. The van der Waals surface area contributed by atoms with Crippen molar-refractivity contribution in [2.24, 2.45) is 5.92 Å². The first kappa shape index (κ1) is 18.6. The molecular weight excluding hydrogens is 366 g/mol. The molecule has 0 aromatic carbocycles. The van der Waals surface area contributed by atoms with Gasteiger partial charge in [0.2, 0.25) is 5.60 Å². The highest BCUT2D eigenvalue weighted by Crippen LogP contribution is 2.40. The van der Waals surface area contributed by atoms with E-state index >= 15 is 0 Å². The van der Waals surface area contributed by atoms with Gasteiger partial charge < -0.3 is 25.4 Å². The lowest BCUT2D eigenvalue weighted by Crippen LogP contribution is -2.41. The van der Waals surface area contributed by atoms with E-state index < -0.39 is 23.9 Å². The van der Waals surface area contributed by atoms with Gasteiger partial charge in [-0.3, -0.25) is 4.79 Å². The third-order valence-corrected chi connectivity index (χ3v) is 5.58. The number of nitrogens with two attached hydrogens (primary N) is 1. The number of esters is 1. The highest BCUT2D eigenvalue weighted by molar-refractivity contribution is 5.69. The van der Waals surface area contributed by atoms with Crippen LogP contribution in [0.1, 0.15) is 31.4 Å². The van der Waals surface area contributed by atoms with Gasteiger partial charge >= 0.3 is 5.97 Å². The van der Waals surface area contributed by atoms with Crippen LogP contribution in [0.15, 0.2) is 18.5 Å². The number of hydrogen-bond acceptors (Lipinski definition) is 9. The number of fused-ring (bicyclic) bond motifs is 1. The van der Waals surface area contributed by atoms with E-state index in [0.717, 1.165) is 19.3 Å². The molecule has 4 N–H and O–H groups in total. The number of nitrogen functional groups attached to an aromatic ring is 1. The second kappa shape index (κ2) is 7.01. The van der Waals surface area contributed by atoms with Crippen molar-refractivity contribution in [1.29, 1.82) is 5.26 Å². The van der Waals surface area contributed by atoms with Gasteiger partial charge in [-0.1, -0.05) is 6.42 Å². The number of aliphatic hydroxyl groups is 2. The molecule has 10 heteroatoms. The molecule has 0 amide bonds. The normalized spacial score (nSPS) is 30.1. The van der Waals surface area contributed by atoms with Gasteiger partial charge in [0, 0.05) is 6.42 Å². The quantitative estimate of drug-likeness (QED) is 0.595. The summed E-state index contributed by atoms with van der Waals surface area (Å²) in [6, 6.07) is 5.07. The molecule has 2 aromatic heterocycles. The summed E-state index contributed by atoms with van der Waals surface area (Å²) >= 11 is 0. The summed E-state index contributed by atoms with van der Waals surface area (Å²) in [5.41, 5.74) is 4.56. The van der Waals surface area contributed by atoms with Crippen LogP contribution in [-0.4, -0.2) is 55.7 Å². The lowest BCUT2D eigenvalue weighted by molar-refractivity contribution is -0.152. The SMILES string of the molecule is N#C[C@@]1(c2ccc3c(N)ncnn23)O[C@H](COC(=O)CC2CCC2)[C@@H](O)[C@H]1O. The van der Waals surface area contributed by atoms with Gasteiger partial charge in [0.25, 0.3) is 0 Å². The van der Waals surface area contributed by atoms with E-state index in [9.17, 15) is 20.3 Å². The number of carbonyl (C=O) groups is 1. The number of nitrogens with zero attached hydrogens (tertiary/aromatic N) is 4. The summed E-state index contributed by atoms with van der Waals surface area (Å²) in [6.07, 6.45) is 0.662. The van der Waals surface area contributed by atoms with Crippen molar-refractivity contribution in [2.75, 3.05) is 12.3 Å². The number of anilines is 1. The van der Waals surface area contributed by atoms with Gasteiger partial charge in [0.15, 0.2) is 5.82 Å². The monoisotopic (exact) mass is 387 g/mol. The number of nitriles is 1. The summed E-state index contributed by atoms with van der Waals surface area (Å²) in [6.45, 7) is -0.256. The van der Waals surface area contributed by atoms with Gasteiger partial charge in [0.1, 0.15) is 42.8 Å². The third kappa shape index (κ3) is 2.88. The molecule has 4 rings (SSSR count). The highest BCUT2D eigenvalue weighted by atomic mass is 16.6. The number of ether oxygens (including phenoxy) is 2. The molecule has 1 saturated heterocycles. The standard InChI is InChI=1S/C18H21N5O5/c19-8-18(13-5-4-11-17(20)21-9-22-23(11)13)16(26)15(25)12(28-18)7-27-14(24)6-10-2-1-3-10/h4-5,9-10,12,15-16,25-26H,1-3,6-7H2,(H2,20,21,22)/t12-,15-,16-,18+/m1/s1. The van der Waals surface area contributed by atoms with E-state index in [1.165, 1.54) is 16.9 Å². The molecular formula is C18H21N5O5. The zero-order valence-electron chi connectivity index (χ0n) is 15.1. The Bertz CT molecular complexity index is 936. The highest BCUT2D eigenvalue weighted by Gasteiger charge is 2.57. The maximum Gasteiger partial charge on any atom is 0.306 e. The molecule has 1 aliphatic carbocycles. The summed E-state index contributed by atoms with van der Waals surface area (Å²) < 4.78 is 12.3. The number of aliphatic hydroxyl groups excluding tert-OH is 2. The molecule has 28 heavy (non-hydrogen) atoms. The van der Waals surface area contributed by atoms with Crippen molar-refractivity contribution >= 4 is 17.3 Å². The Morgan fingerprint density at radius 3 is 2.93 bits per heavy atom.